The Morgan fingerprint density at radius 2 is 2.27 bits per heavy atom. The summed E-state index contributed by atoms with van der Waals surface area (Å²) in [6, 6.07) is 2.45. The summed E-state index contributed by atoms with van der Waals surface area (Å²) in [6.45, 7) is 0. The molecule has 0 aliphatic carbocycles. The van der Waals surface area contributed by atoms with Crippen LogP contribution >= 0.6 is 15.9 Å². The highest BCUT2D eigenvalue weighted by atomic mass is 79.9. The van der Waals surface area contributed by atoms with Crippen molar-refractivity contribution in [2.24, 2.45) is 5.73 Å². The Morgan fingerprint density at radius 1 is 1.67 bits per heavy atom. The van der Waals surface area contributed by atoms with Crippen LogP contribution in [0.4, 0.5) is 8.78 Å². The van der Waals surface area contributed by atoms with E-state index in [1.165, 1.54) is 0 Å². The van der Waals surface area contributed by atoms with Crippen LogP contribution in [-0.2, 0) is 0 Å². The van der Waals surface area contributed by atoms with E-state index < -0.39 is 23.5 Å². The van der Waals surface area contributed by atoms with E-state index in [0.717, 1.165) is 6.07 Å². The zero-order valence-corrected chi connectivity index (χ0v) is 8.75. The second-order valence-corrected chi connectivity index (χ2v) is 3.29. The van der Waals surface area contributed by atoms with Gasteiger partial charge in [-0.3, -0.25) is 4.79 Å². The number of hydrogen-bond acceptors (Lipinski definition) is 3. The third-order valence-electron chi connectivity index (χ3n) is 1.60. The van der Waals surface area contributed by atoms with Crippen LogP contribution in [0.1, 0.15) is 28.0 Å². The number of nitrogens with zero attached hydrogens (tertiary/aromatic N) is 2. The third-order valence-corrected chi connectivity index (χ3v) is 2.18. The lowest BCUT2D eigenvalue weighted by molar-refractivity contribution is 0.0984. The molecule has 15 heavy (non-hydrogen) atoms. The lowest BCUT2D eigenvalue weighted by atomic mass is 10.1. The SMILES string of the molecule is N#Cc1cc(C(F)F)c(C(N)=O)c(Br)n1. The molecule has 0 unspecified atom stereocenters. The maximum Gasteiger partial charge on any atom is 0.264 e. The molecule has 4 nitrogen and oxygen atoms in total. The fourth-order valence-corrected chi connectivity index (χ4v) is 1.62. The Hall–Kier alpha value is -1.55. The number of carbonyl (C=O) groups is 1. The quantitative estimate of drug-likeness (QED) is 0.835. The molecule has 0 aliphatic heterocycles. The molecule has 1 aromatic heterocycles. The first-order valence-electron chi connectivity index (χ1n) is 3.66. The maximum absolute atomic E-state index is 12.5. The minimum atomic E-state index is -2.89. The number of nitrogens with two attached hydrogens (primary N) is 1. The Labute approximate surface area is 91.8 Å². The van der Waals surface area contributed by atoms with E-state index in [1.54, 1.807) is 6.07 Å². The second kappa shape index (κ2) is 4.31. The Kier molecular flexibility index (Phi) is 3.31. The molecule has 0 radical (unpaired) electrons. The molecule has 0 aromatic carbocycles. The van der Waals surface area contributed by atoms with Gasteiger partial charge < -0.3 is 5.73 Å². The Bertz CT molecular complexity index is 456. The predicted molar refractivity (Wildman–Crippen MR) is 50.1 cm³/mol. The normalized spacial score (nSPS) is 10.1. The zero-order valence-electron chi connectivity index (χ0n) is 7.17. The molecule has 2 N–H and O–H groups in total. The average molecular weight is 276 g/mol. The molecule has 1 aromatic rings. The first-order chi connectivity index (χ1) is 6.97. The molecule has 0 spiro atoms. The van der Waals surface area contributed by atoms with E-state index in [9.17, 15) is 13.6 Å². The first kappa shape index (κ1) is 11.5. The van der Waals surface area contributed by atoms with Gasteiger partial charge in [0.15, 0.2) is 0 Å². The van der Waals surface area contributed by atoms with Gasteiger partial charge in [0.05, 0.1) is 5.56 Å². The molecule has 7 heteroatoms. The van der Waals surface area contributed by atoms with Crippen LogP contribution in [0, 0.1) is 11.3 Å². The summed E-state index contributed by atoms with van der Waals surface area (Å²) in [7, 11) is 0. The van der Waals surface area contributed by atoms with Crippen molar-refractivity contribution in [3.63, 3.8) is 0 Å². The number of nitriles is 1. The van der Waals surface area contributed by atoms with Crippen molar-refractivity contribution in [3.8, 4) is 6.07 Å². The lowest BCUT2D eigenvalue weighted by Crippen LogP contribution is -2.16. The number of primary amides is 1. The van der Waals surface area contributed by atoms with E-state index in [4.69, 9.17) is 11.0 Å². The number of rotatable bonds is 2. The van der Waals surface area contributed by atoms with Crippen LogP contribution in [0.2, 0.25) is 0 Å². The minimum absolute atomic E-state index is 0.149. The van der Waals surface area contributed by atoms with E-state index in [2.05, 4.69) is 20.9 Å². The number of alkyl halides is 2. The monoisotopic (exact) mass is 275 g/mol. The molecule has 78 valence electrons. The second-order valence-electron chi connectivity index (χ2n) is 2.54. The van der Waals surface area contributed by atoms with Crippen molar-refractivity contribution in [3.05, 3.63) is 27.5 Å². The van der Waals surface area contributed by atoms with Gasteiger partial charge in [0.25, 0.3) is 12.3 Å². The molecule has 1 rings (SSSR count). The van der Waals surface area contributed by atoms with Gasteiger partial charge in [0.2, 0.25) is 0 Å². The molecule has 0 bridgehead atoms. The van der Waals surface area contributed by atoms with Crippen molar-refractivity contribution in [1.82, 2.24) is 4.98 Å². The van der Waals surface area contributed by atoms with Crippen molar-refractivity contribution in [2.75, 3.05) is 0 Å². The summed E-state index contributed by atoms with van der Waals surface area (Å²) in [6.07, 6.45) is -2.89. The molecular formula is C8H4BrF2N3O. The highest BCUT2D eigenvalue weighted by Gasteiger charge is 2.21. The van der Waals surface area contributed by atoms with E-state index in [1.807, 2.05) is 0 Å². The number of carbonyl (C=O) groups excluding carboxylic acids is 1. The van der Waals surface area contributed by atoms with Crippen molar-refractivity contribution in [1.29, 1.82) is 5.26 Å². The topological polar surface area (TPSA) is 79.8 Å². The van der Waals surface area contributed by atoms with Crippen molar-refractivity contribution < 1.29 is 13.6 Å². The van der Waals surface area contributed by atoms with E-state index in [0.29, 0.717) is 0 Å². The fraction of sp³-hybridized carbons (Fsp3) is 0.125. The van der Waals surface area contributed by atoms with Gasteiger partial charge in [-0.1, -0.05) is 0 Å². The predicted octanol–water partition coefficient (Wildman–Crippen LogP) is 1.75. The Balaban J connectivity index is 3.51. The van der Waals surface area contributed by atoms with E-state index >= 15 is 0 Å². The molecule has 0 saturated carbocycles. The van der Waals surface area contributed by atoms with Crippen LogP contribution < -0.4 is 5.73 Å². The highest BCUT2D eigenvalue weighted by Crippen LogP contribution is 2.27. The standard InChI is InChI=1S/C8H4BrF2N3O/c9-6-5(8(13)15)4(7(10)11)1-3(2-12)14-6/h1,7H,(H2,13,15). The van der Waals surface area contributed by atoms with Crippen LogP contribution in [0.3, 0.4) is 0 Å². The van der Waals surface area contributed by atoms with Crippen molar-refractivity contribution in [2.45, 2.75) is 6.43 Å². The summed E-state index contributed by atoms with van der Waals surface area (Å²) >= 11 is 2.81. The Morgan fingerprint density at radius 3 is 2.67 bits per heavy atom. The van der Waals surface area contributed by atoms with Gasteiger partial charge in [-0.25, -0.2) is 13.8 Å². The zero-order chi connectivity index (χ0) is 11.6. The smallest absolute Gasteiger partial charge is 0.264 e. The van der Waals surface area contributed by atoms with Crippen LogP contribution in [0.5, 0.6) is 0 Å². The summed E-state index contributed by atoms with van der Waals surface area (Å²) in [5, 5.41) is 8.50. The number of pyridine rings is 1. The van der Waals surface area contributed by atoms with Gasteiger partial charge in [0.1, 0.15) is 16.4 Å². The van der Waals surface area contributed by atoms with Crippen LogP contribution in [0.15, 0.2) is 10.7 Å². The minimum Gasteiger partial charge on any atom is -0.366 e. The molecule has 0 atom stereocenters. The number of hydrogen-bond donors (Lipinski definition) is 1. The molecule has 0 fully saturated rings. The summed E-state index contributed by atoms with van der Waals surface area (Å²) in [4.78, 5) is 14.5. The van der Waals surface area contributed by atoms with Crippen LogP contribution in [-0.4, -0.2) is 10.9 Å². The molecule has 0 saturated heterocycles. The van der Waals surface area contributed by atoms with Gasteiger partial charge in [-0.15, -0.1) is 0 Å². The maximum atomic E-state index is 12.5. The first-order valence-corrected chi connectivity index (χ1v) is 4.45. The van der Waals surface area contributed by atoms with Crippen LogP contribution in [0.25, 0.3) is 0 Å². The molecule has 1 heterocycles. The van der Waals surface area contributed by atoms with Gasteiger partial charge >= 0.3 is 0 Å². The summed E-state index contributed by atoms with van der Waals surface area (Å²) in [5.41, 5.74) is 3.72. The van der Waals surface area contributed by atoms with Crippen molar-refractivity contribution >= 4 is 21.8 Å². The summed E-state index contributed by atoms with van der Waals surface area (Å²) in [5.74, 6) is -1.02. The van der Waals surface area contributed by atoms with Gasteiger partial charge in [0, 0.05) is 5.56 Å². The number of amides is 1. The highest BCUT2D eigenvalue weighted by molar-refractivity contribution is 9.10. The number of halogens is 3. The number of aromatic nitrogens is 1. The molecule has 1 amide bonds. The van der Waals surface area contributed by atoms with Gasteiger partial charge in [-0.05, 0) is 22.0 Å². The fourth-order valence-electron chi connectivity index (χ4n) is 1.01. The van der Waals surface area contributed by atoms with Gasteiger partial charge in [-0.2, -0.15) is 5.26 Å². The largest absolute Gasteiger partial charge is 0.366 e. The lowest BCUT2D eigenvalue weighted by Gasteiger charge is -2.07. The molecule has 0 aliphatic rings. The third kappa shape index (κ3) is 2.27. The summed E-state index contributed by atoms with van der Waals surface area (Å²) < 4.78 is 24.9. The average Bonchev–Trinajstić information content (AvgIpc) is 2.15. The molecular weight excluding hydrogens is 272 g/mol. The van der Waals surface area contributed by atoms with E-state index in [-0.39, 0.29) is 10.3 Å².